The minimum atomic E-state index is 0.0178. The van der Waals surface area contributed by atoms with E-state index in [1.807, 2.05) is 31.6 Å². The molecule has 2 rings (SSSR count). The minimum absolute atomic E-state index is 0.0178. The van der Waals surface area contributed by atoms with Crippen molar-refractivity contribution in [1.29, 1.82) is 0 Å². The van der Waals surface area contributed by atoms with Crippen LogP contribution in [0, 0.1) is 0 Å². The van der Waals surface area contributed by atoms with Crippen LogP contribution in [0.2, 0.25) is 5.02 Å². The maximum Gasteiger partial charge on any atom is 0.130 e. The van der Waals surface area contributed by atoms with Gasteiger partial charge in [0.05, 0.1) is 12.6 Å². The SMILES string of the molecule is CCCCC(COC)NC(c1ccc(Cl)cc1)c1nccn1C. The molecule has 0 amide bonds. The van der Waals surface area contributed by atoms with Crippen LogP contribution in [0.5, 0.6) is 0 Å². The van der Waals surface area contributed by atoms with Gasteiger partial charge in [-0.1, -0.05) is 43.5 Å². The van der Waals surface area contributed by atoms with Crippen molar-refractivity contribution in [2.24, 2.45) is 7.05 Å². The van der Waals surface area contributed by atoms with Crippen molar-refractivity contribution in [3.05, 3.63) is 53.1 Å². The number of imidazole rings is 1. The average molecular weight is 336 g/mol. The summed E-state index contributed by atoms with van der Waals surface area (Å²) in [6.07, 6.45) is 7.23. The van der Waals surface area contributed by atoms with Crippen LogP contribution in [0.15, 0.2) is 36.7 Å². The van der Waals surface area contributed by atoms with E-state index in [1.54, 1.807) is 7.11 Å². The number of benzene rings is 1. The first kappa shape index (κ1) is 18.0. The zero-order valence-electron chi connectivity index (χ0n) is 14.1. The van der Waals surface area contributed by atoms with Crippen LogP contribution < -0.4 is 5.32 Å². The van der Waals surface area contributed by atoms with Crippen LogP contribution >= 0.6 is 11.6 Å². The summed E-state index contributed by atoms with van der Waals surface area (Å²) in [5, 5.41) is 4.46. The molecule has 1 heterocycles. The van der Waals surface area contributed by atoms with Gasteiger partial charge < -0.3 is 9.30 Å². The lowest BCUT2D eigenvalue weighted by Gasteiger charge is -2.26. The number of unbranched alkanes of at least 4 members (excludes halogenated alkanes) is 1. The Labute approximate surface area is 143 Å². The van der Waals surface area contributed by atoms with E-state index in [0.29, 0.717) is 6.61 Å². The standard InChI is InChI=1S/C18H26ClN3O/c1-4-5-6-16(13-23-3)21-17(18-20-11-12-22(18)2)14-7-9-15(19)10-8-14/h7-12,16-17,21H,4-6,13H2,1-3H3. The molecule has 0 aliphatic carbocycles. The van der Waals surface area contributed by atoms with Gasteiger partial charge in [-0.25, -0.2) is 4.98 Å². The number of rotatable bonds is 9. The first-order valence-electron chi connectivity index (χ1n) is 8.13. The van der Waals surface area contributed by atoms with E-state index in [1.165, 1.54) is 12.8 Å². The molecule has 1 aromatic heterocycles. The van der Waals surface area contributed by atoms with Gasteiger partial charge in [-0.05, 0) is 24.1 Å². The Hall–Kier alpha value is -1.36. The highest BCUT2D eigenvalue weighted by Crippen LogP contribution is 2.23. The highest BCUT2D eigenvalue weighted by molar-refractivity contribution is 6.30. The molecule has 1 aromatic carbocycles. The van der Waals surface area contributed by atoms with Crippen molar-refractivity contribution in [3.63, 3.8) is 0 Å². The zero-order chi connectivity index (χ0) is 16.7. The van der Waals surface area contributed by atoms with Crippen LogP contribution in [0.4, 0.5) is 0 Å². The third-order valence-corrected chi connectivity index (χ3v) is 4.25. The molecular formula is C18H26ClN3O. The number of nitrogens with zero attached hydrogens (tertiary/aromatic N) is 2. The van der Waals surface area contributed by atoms with Crippen LogP contribution in [0.1, 0.15) is 43.6 Å². The Balaban J connectivity index is 2.25. The monoisotopic (exact) mass is 335 g/mol. The van der Waals surface area contributed by atoms with Gasteiger partial charge in [-0.3, -0.25) is 5.32 Å². The summed E-state index contributed by atoms with van der Waals surface area (Å²) in [4.78, 5) is 4.54. The van der Waals surface area contributed by atoms with Gasteiger partial charge in [-0.15, -0.1) is 0 Å². The molecule has 0 spiro atoms. The number of ether oxygens (including phenoxy) is 1. The molecule has 0 saturated carbocycles. The fraction of sp³-hybridized carbons (Fsp3) is 0.500. The zero-order valence-corrected chi connectivity index (χ0v) is 14.9. The Bertz CT molecular complexity index is 582. The number of hydrogen-bond acceptors (Lipinski definition) is 3. The number of aryl methyl sites for hydroxylation is 1. The summed E-state index contributed by atoms with van der Waals surface area (Å²) in [5.74, 6) is 0.991. The van der Waals surface area contributed by atoms with Crippen molar-refractivity contribution < 1.29 is 4.74 Å². The molecule has 5 heteroatoms. The van der Waals surface area contributed by atoms with Crippen LogP contribution in [0.3, 0.4) is 0 Å². The molecule has 2 aromatic rings. The number of aromatic nitrogens is 2. The fourth-order valence-electron chi connectivity index (χ4n) is 2.73. The molecule has 23 heavy (non-hydrogen) atoms. The Morgan fingerprint density at radius 2 is 2.04 bits per heavy atom. The van der Waals surface area contributed by atoms with Gasteiger partial charge in [0.25, 0.3) is 0 Å². The van der Waals surface area contributed by atoms with Crippen molar-refractivity contribution in [3.8, 4) is 0 Å². The fourth-order valence-corrected chi connectivity index (χ4v) is 2.86. The summed E-state index contributed by atoms with van der Waals surface area (Å²) in [6, 6.07) is 8.26. The van der Waals surface area contributed by atoms with Crippen molar-refractivity contribution in [2.45, 2.75) is 38.3 Å². The normalized spacial score (nSPS) is 13.9. The number of nitrogens with one attached hydrogen (secondary N) is 1. The highest BCUT2D eigenvalue weighted by Gasteiger charge is 2.22. The molecule has 0 fully saturated rings. The smallest absolute Gasteiger partial charge is 0.130 e. The third-order valence-electron chi connectivity index (χ3n) is 4.00. The second kappa shape index (κ2) is 9.06. The lowest BCUT2D eigenvalue weighted by molar-refractivity contribution is 0.157. The Morgan fingerprint density at radius 3 is 2.61 bits per heavy atom. The van der Waals surface area contributed by atoms with E-state index in [0.717, 1.165) is 22.8 Å². The lowest BCUT2D eigenvalue weighted by Crippen LogP contribution is -2.37. The van der Waals surface area contributed by atoms with Gasteiger partial charge in [0.15, 0.2) is 0 Å². The molecule has 1 N–H and O–H groups in total. The van der Waals surface area contributed by atoms with Gasteiger partial charge in [0, 0.05) is 37.6 Å². The van der Waals surface area contributed by atoms with E-state index in [-0.39, 0.29) is 12.1 Å². The summed E-state index contributed by atoms with van der Waals surface area (Å²) in [7, 11) is 3.77. The van der Waals surface area contributed by atoms with Crippen LogP contribution in [-0.4, -0.2) is 29.3 Å². The van der Waals surface area contributed by atoms with Crippen molar-refractivity contribution in [2.75, 3.05) is 13.7 Å². The third kappa shape index (κ3) is 5.06. The summed E-state index contributed by atoms with van der Waals surface area (Å²) in [5.41, 5.74) is 1.15. The summed E-state index contributed by atoms with van der Waals surface area (Å²) in [6.45, 7) is 2.90. The van der Waals surface area contributed by atoms with Crippen molar-refractivity contribution >= 4 is 11.6 Å². The van der Waals surface area contributed by atoms with Gasteiger partial charge >= 0.3 is 0 Å². The van der Waals surface area contributed by atoms with Gasteiger partial charge in [-0.2, -0.15) is 0 Å². The molecule has 4 nitrogen and oxygen atoms in total. The maximum absolute atomic E-state index is 6.04. The molecule has 0 aliphatic rings. The topological polar surface area (TPSA) is 39.1 Å². The van der Waals surface area contributed by atoms with Gasteiger partial charge in [0.1, 0.15) is 5.82 Å². The molecule has 0 aliphatic heterocycles. The van der Waals surface area contributed by atoms with Crippen LogP contribution in [0.25, 0.3) is 0 Å². The van der Waals surface area contributed by atoms with E-state index < -0.39 is 0 Å². The molecular weight excluding hydrogens is 310 g/mol. The first-order valence-corrected chi connectivity index (χ1v) is 8.51. The number of methoxy groups -OCH3 is 1. The van der Waals surface area contributed by atoms with Gasteiger partial charge in [0.2, 0.25) is 0 Å². The second-order valence-electron chi connectivity index (χ2n) is 5.84. The molecule has 2 atom stereocenters. The van der Waals surface area contributed by atoms with E-state index >= 15 is 0 Å². The van der Waals surface area contributed by atoms with Crippen molar-refractivity contribution in [1.82, 2.24) is 14.9 Å². The lowest BCUT2D eigenvalue weighted by atomic mass is 10.0. The first-order chi connectivity index (χ1) is 11.2. The second-order valence-corrected chi connectivity index (χ2v) is 6.28. The average Bonchev–Trinajstić information content (AvgIpc) is 2.97. The Morgan fingerprint density at radius 1 is 1.30 bits per heavy atom. The van der Waals surface area contributed by atoms with E-state index in [9.17, 15) is 0 Å². The van der Waals surface area contributed by atoms with E-state index in [2.05, 4.69) is 33.9 Å². The molecule has 0 radical (unpaired) electrons. The number of halogens is 1. The predicted octanol–water partition coefficient (Wildman–Crippen LogP) is 3.96. The molecule has 0 bridgehead atoms. The molecule has 0 saturated heterocycles. The van der Waals surface area contributed by atoms with Crippen LogP contribution in [-0.2, 0) is 11.8 Å². The molecule has 126 valence electrons. The highest BCUT2D eigenvalue weighted by atomic mass is 35.5. The quantitative estimate of drug-likeness (QED) is 0.754. The Kier molecular flexibility index (Phi) is 7.09. The largest absolute Gasteiger partial charge is 0.383 e. The number of hydrogen-bond donors (Lipinski definition) is 1. The van der Waals surface area contributed by atoms with E-state index in [4.69, 9.17) is 16.3 Å². The predicted molar refractivity (Wildman–Crippen MR) is 94.8 cm³/mol. The summed E-state index contributed by atoms with van der Waals surface area (Å²) >= 11 is 6.04. The summed E-state index contributed by atoms with van der Waals surface area (Å²) < 4.78 is 7.45. The molecule has 2 unspecified atom stereocenters. The minimum Gasteiger partial charge on any atom is -0.383 e. The maximum atomic E-state index is 6.04.